The van der Waals surface area contributed by atoms with E-state index >= 15 is 0 Å². The Bertz CT molecular complexity index is 752. The highest BCUT2D eigenvalue weighted by atomic mass is 16.3. The SMILES string of the molecule is CNC[C@H](O)[C@H](c1ccccc1)n1ccc2cc(O)ccc21. The Balaban J connectivity index is 2.11. The number of hydrogen-bond donors (Lipinski definition) is 3. The van der Waals surface area contributed by atoms with Crippen molar-refractivity contribution in [2.45, 2.75) is 12.1 Å². The first-order valence-electron chi connectivity index (χ1n) is 7.38. The Morgan fingerprint density at radius 3 is 2.59 bits per heavy atom. The number of aliphatic hydroxyl groups is 1. The first-order valence-corrected chi connectivity index (χ1v) is 7.38. The van der Waals surface area contributed by atoms with Crippen molar-refractivity contribution in [1.82, 2.24) is 9.88 Å². The number of aromatic hydroxyl groups is 1. The Morgan fingerprint density at radius 2 is 1.86 bits per heavy atom. The van der Waals surface area contributed by atoms with Crippen LogP contribution >= 0.6 is 0 Å². The fourth-order valence-corrected chi connectivity index (χ4v) is 2.93. The van der Waals surface area contributed by atoms with Crippen molar-refractivity contribution in [2.24, 2.45) is 0 Å². The molecular weight excluding hydrogens is 276 g/mol. The van der Waals surface area contributed by atoms with Crippen LogP contribution in [0.1, 0.15) is 11.6 Å². The van der Waals surface area contributed by atoms with Crippen LogP contribution in [0.4, 0.5) is 0 Å². The molecule has 0 aliphatic heterocycles. The summed E-state index contributed by atoms with van der Waals surface area (Å²) in [6, 6.07) is 17.0. The fraction of sp³-hybridized carbons (Fsp3) is 0.222. The molecule has 0 unspecified atom stereocenters. The maximum atomic E-state index is 10.6. The van der Waals surface area contributed by atoms with E-state index in [9.17, 15) is 10.2 Å². The van der Waals surface area contributed by atoms with Crippen LogP contribution in [0.5, 0.6) is 5.75 Å². The van der Waals surface area contributed by atoms with E-state index < -0.39 is 6.10 Å². The highest BCUT2D eigenvalue weighted by molar-refractivity contribution is 5.82. The molecule has 3 aromatic rings. The van der Waals surface area contributed by atoms with Gasteiger partial charge in [0.25, 0.3) is 0 Å². The monoisotopic (exact) mass is 296 g/mol. The molecule has 0 aliphatic rings. The highest BCUT2D eigenvalue weighted by Crippen LogP contribution is 2.29. The normalized spacial score (nSPS) is 14.1. The van der Waals surface area contributed by atoms with Gasteiger partial charge in [0.1, 0.15) is 5.75 Å². The number of aliphatic hydroxyl groups excluding tert-OH is 1. The average Bonchev–Trinajstić information content (AvgIpc) is 2.92. The molecule has 0 radical (unpaired) electrons. The second-order valence-electron chi connectivity index (χ2n) is 5.45. The van der Waals surface area contributed by atoms with Gasteiger partial charge in [-0.1, -0.05) is 30.3 Å². The summed E-state index contributed by atoms with van der Waals surface area (Å²) in [5.74, 6) is 0.247. The predicted molar refractivity (Wildman–Crippen MR) is 88.1 cm³/mol. The van der Waals surface area contributed by atoms with Crippen LogP contribution in [0, 0.1) is 0 Å². The van der Waals surface area contributed by atoms with Crippen LogP contribution in [0.25, 0.3) is 10.9 Å². The molecule has 0 fully saturated rings. The summed E-state index contributed by atoms with van der Waals surface area (Å²) in [5.41, 5.74) is 2.04. The maximum Gasteiger partial charge on any atom is 0.116 e. The van der Waals surface area contributed by atoms with E-state index in [0.717, 1.165) is 16.5 Å². The molecule has 114 valence electrons. The quantitative estimate of drug-likeness (QED) is 0.678. The van der Waals surface area contributed by atoms with Crippen molar-refractivity contribution < 1.29 is 10.2 Å². The number of benzene rings is 2. The molecule has 0 bridgehead atoms. The van der Waals surface area contributed by atoms with Crippen molar-refractivity contribution in [3.63, 3.8) is 0 Å². The van der Waals surface area contributed by atoms with Crippen molar-refractivity contribution >= 4 is 10.9 Å². The van der Waals surface area contributed by atoms with Gasteiger partial charge in [-0.15, -0.1) is 0 Å². The third kappa shape index (κ3) is 2.71. The summed E-state index contributed by atoms with van der Waals surface area (Å²) in [5, 5.41) is 24.2. The van der Waals surface area contributed by atoms with Gasteiger partial charge < -0.3 is 20.1 Å². The van der Waals surface area contributed by atoms with Crippen LogP contribution in [0.2, 0.25) is 0 Å². The molecule has 0 spiro atoms. The minimum Gasteiger partial charge on any atom is -0.508 e. The van der Waals surface area contributed by atoms with Gasteiger partial charge in [-0.25, -0.2) is 0 Å². The molecular formula is C18H20N2O2. The minimum absolute atomic E-state index is 0.185. The Labute approximate surface area is 129 Å². The first kappa shape index (κ1) is 14.6. The number of phenols is 1. The molecule has 22 heavy (non-hydrogen) atoms. The van der Waals surface area contributed by atoms with E-state index in [0.29, 0.717) is 6.54 Å². The number of phenolic OH excluding ortho intramolecular Hbond substituents is 1. The van der Waals surface area contributed by atoms with E-state index in [1.54, 1.807) is 12.1 Å². The average molecular weight is 296 g/mol. The molecule has 0 saturated heterocycles. The lowest BCUT2D eigenvalue weighted by Crippen LogP contribution is -2.33. The van der Waals surface area contributed by atoms with Crippen LogP contribution in [0.15, 0.2) is 60.8 Å². The zero-order chi connectivity index (χ0) is 15.5. The summed E-state index contributed by atoms with van der Waals surface area (Å²) in [6.45, 7) is 0.497. The van der Waals surface area contributed by atoms with Gasteiger partial charge in [0.2, 0.25) is 0 Å². The molecule has 0 saturated carbocycles. The van der Waals surface area contributed by atoms with Crippen molar-refractivity contribution in [2.75, 3.05) is 13.6 Å². The number of fused-ring (bicyclic) bond motifs is 1. The molecule has 1 heterocycles. The van der Waals surface area contributed by atoms with Gasteiger partial charge in [0, 0.05) is 23.6 Å². The molecule has 1 aromatic heterocycles. The van der Waals surface area contributed by atoms with Gasteiger partial charge in [-0.05, 0) is 36.9 Å². The van der Waals surface area contributed by atoms with E-state index in [2.05, 4.69) is 9.88 Å². The predicted octanol–water partition coefficient (Wildman–Crippen LogP) is 2.52. The Morgan fingerprint density at radius 1 is 1.09 bits per heavy atom. The second kappa shape index (κ2) is 6.22. The molecule has 4 nitrogen and oxygen atoms in total. The number of likely N-dealkylation sites (N-methyl/N-ethyl adjacent to an activating group) is 1. The van der Waals surface area contributed by atoms with Crippen molar-refractivity contribution in [3.05, 3.63) is 66.4 Å². The zero-order valence-electron chi connectivity index (χ0n) is 12.5. The van der Waals surface area contributed by atoms with E-state index in [1.165, 1.54) is 0 Å². The van der Waals surface area contributed by atoms with E-state index in [1.807, 2.05) is 55.7 Å². The molecule has 0 amide bonds. The van der Waals surface area contributed by atoms with Gasteiger partial charge in [0.05, 0.1) is 12.1 Å². The number of hydrogen-bond acceptors (Lipinski definition) is 3. The summed E-state index contributed by atoms with van der Waals surface area (Å²) in [6.07, 6.45) is 1.40. The van der Waals surface area contributed by atoms with Gasteiger partial charge in [-0.3, -0.25) is 0 Å². The third-order valence-electron chi connectivity index (χ3n) is 3.92. The van der Waals surface area contributed by atoms with Crippen LogP contribution < -0.4 is 5.32 Å². The lowest BCUT2D eigenvalue weighted by molar-refractivity contribution is 0.132. The van der Waals surface area contributed by atoms with Gasteiger partial charge in [0.15, 0.2) is 0 Å². The smallest absolute Gasteiger partial charge is 0.116 e. The molecule has 0 aliphatic carbocycles. The highest BCUT2D eigenvalue weighted by Gasteiger charge is 2.23. The molecule has 3 rings (SSSR count). The number of aromatic nitrogens is 1. The summed E-state index contributed by atoms with van der Waals surface area (Å²) < 4.78 is 2.06. The van der Waals surface area contributed by atoms with Crippen LogP contribution in [-0.4, -0.2) is 34.5 Å². The summed E-state index contributed by atoms with van der Waals surface area (Å²) in [4.78, 5) is 0. The lowest BCUT2D eigenvalue weighted by atomic mass is 10.0. The third-order valence-corrected chi connectivity index (χ3v) is 3.92. The van der Waals surface area contributed by atoms with E-state index in [4.69, 9.17) is 0 Å². The minimum atomic E-state index is -0.559. The molecule has 4 heteroatoms. The van der Waals surface area contributed by atoms with Crippen LogP contribution in [0.3, 0.4) is 0 Å². The topological polar surface area (TPSA) is 57.4 Å². The van der Waals surface area contributed by atoms with Gasteiger partial charge >= 0.3 is 0 Å². The van der Waals surface area contributed by atoms with Crippen molar-refractivity contribution in [3.8, 4) is 5.75 Å². The molecule has 2 aromatic carbocycles. The van der Waals surface area contributed by atoms with Crippen molar-refractivity contribution in [1.29, 1.82) is 0 Å². The zero-order valence-corrected chi connectivity index (χ0v) is 12.5. The lowest BCUT2D eigenvalue weighted by Gasteiger charge is -2.26. The fourth-order valence-electron chi connectivity index (χ4n) is 2.93. The number of nitrogens with zero attached hydrogens (tertiary/aromatic N) is 1. The first-order chi connectivity index (χ1) is 10.7. The molecule has 3 N–H and O–H groups in total. The second-order valence-corrected chi connectivity index (χ2v) is 5.45. The Kier molecular flexibility index (Phi) is 4.13. The largest absolute Gasteiger partial charge is 0.508 e. The maximum absolute atomic E-state index is 10.6. The van der Waals surface area contributed by atoms with Gasteiger partial charge in [-0.2, -0.15) is 0 Å². The Hall–Kier alpha value is -2.30. The molecule has 2 atom stereocenters. The number of nitrogens with one attached hydrogen (secondary N) is 1. The number of rotatable bonds is 5. The van der Waals surface area contributed by atoms with Crippen LogP contribution in [-0.2, 0) is 0 Å². The summed E-state index contributed by atoms with van der Waals surface area (Å²) in [7, 11) is 1.83. The van der Waals surface area contributed by atoms with E-state index in [-0.39, 0.29) is 11.8 Å². The summed E-state index contributed by atoms with van der Waals surface area (Å²) >= 11 is 0. The standard InChI is InChI=1S/C18H20N2O2/c1-19-12-17(22)18(13-5-3-2-4-6-13)20-10-9-14-11-15(21)7-8-16(14)20/h2-11,17-19,21-22H,12H2,1H3/t17-,18-/m0/s1.